The van der Waals surface area contributed by atoms with Crippen LogP contribution in [0.1, 0.15) is 12.8 Å². The van der Waals surface area contributed by atoms with E-state index in [-0.39, 0.29) is 0 Å². The van der Waals surface area contributed by atoms with Crippen LogP contribution in [0.2, 0.25) is 5.02 Å². The van der Waals surface area contributed by atoms with E-state index in [4.69, 9.17) is 16.7 Å². The van der Waals surface area contributed by atoms with Gasteiger partial charge in [0.05, 0.1) is 5.02 Å². The van der Waals surface area contributed by atoms with Crippen molar-refractivity contribution in [3.05, 3.63) is 23.4 Å². The highest BCUT2D eigenvalue weighted by Gasteiger charge is 2.17. The van der Waals surface area contributed by atoms with Crippen molar-refractivity contribution in [2.75, 3.05) is 44.2 Å². The first-order chi connectivity index (χ1) is 8.79. The molecule has 0 aliphatic carbocycles. The number of hydrogen-bond acceptors (Lipinski definition) is 4. The molecule has 2 heterocycles. The van der Waals surface area contributed by atoms with Gasteiger partial charge in [0.25, 0.3) is 0 Å². The molecule has 4 nitrogen and oxygen atoms in total. The number of rotatable bonds is 5. The average Bonchev–Trinajstić information content (AvgIpc) is 2.41. The number of nitrogens with zero attached hydrogens (tertiary/aromatic N) is 3. The molecule has 0 bridgehead atoms. The molecule has 1 saturated heterocycles. The molecule has 0 atom stereocenters. The summed E-state index contributed by atoms with van der Waals surface area (Å²) >= 11 is 5.84. The SMILES string of the molecule is OCCCCN1CCN(c2ccc(Cl)cn2)CC1. The summed E-state index contributed by atoms with van der Waals surface area (Å²) in [6.45, 7) is 5.53. The number of pyridine rings is 1. The van der Waals surface area contributed by atoms with E-state index in [1.807, 2.05) is 12.1 Å². The van der Waals surface area contributed by atoms with Gasteiger partial charge in [-0.3, -0.25) is 4.90 Å². The van der Waals surface area contributed by atoms with Crippen LogP contribution >= 0.6 is 11.6 Å². The van der Waals surface area contributed by atoms with Crippen molar-refractivity contribution in [3.63, 3.8) is 0 Å². The quantitative estimate of drug-likeness (QED) is 0.825. The number of aliphatic hydroxyl groups is 1. The maximum absolute atomic E-state index is 8.76. The molecule has 1 aromatic heterocycles. The summed E-state index contributed by atoms with van der Waals surface area (Å²) in [7, 11) is 0. The van der Waals surface area contributed by atoms with Crippen LogP contribution in [0.4, 0.5) is 5.82 Å². The lowest BCUT2D eigenvalue weighted by atomic mass is 10.2. The first-order valence-electron chi connectivity index (χ1n) is 6.49. The third-order valence-electron chi connectivity index (χ3n) is 3.29. The fraction of sp³-hybridized carbons (Fsp3) is 0.615. The highest BCUT2D eigenvalue weighted by molar-refractivity contribution is 6.30. The van der Waals surface area contributed by atoms with Crippen molar-refractivity contribution in [2.45, 2.75) is 12.8 Å². The molecule has 5 heteroatoms. The summed E-state index contributed by atoms with van der Waals surface area (Å²) in [4.78, 5) is 9.08. The molecule has 0 unspecified atom stereocenters. The van der Waals surface area contributed by atoms with E-state index < -0.39 is 0 Å². The van der Waals surface area contributed by atoms with Crippen molar-refractivity contribution >= 4 is 17.4 Å². The highest BCUT2D eigenvalue weighted by Crippen LogP contribution is 2.16. The zero-order valence-corrected chi connectivity index (χ0v) is 11.3. The molecule has 0 amide bonds. The van der Waals surface area contributed by atoms with Gasteiger partial charge in [-0.15, -0.1) is 0 Å². The van der Waals surface area contributed by atoms with Crippen LogP contribution in [0.3, 0.4) is 0 Å². The molecule has 2 rings (SSSR count). The Balaban J connectivity index is 1.77. The first kappa shape index (κ1) is 13.6. The Labute approximate surface area is 113 Å². The smallest absolute Gasteiger partial charge is 0.128 e. The molecule has 0 spiro atoms. The molecule has 1 aliphatic heterocycles. The maximum Gasteiger partial charge on any atom is 0.128 e. The molecule has 1 aromatic rings. The van der Waals surface area contributed by atoms with E-state index in [2.05, 4.69) is 14.8 Å². The predicted octanol–water partition coefficient (Wildman–Crippen LogP) is 1.63. The molecular formula is C13H20ClN3O. The minimum Gasteiger partial charge on any atom is -0.396 e. The number of anilines is 1. The van der Waals surface area contributed by atoms with Crippen LogP contribution in [0.15, 0.2) is 18.3 Å². The van der Waals surface area contributed by atoms with Crippen LogP contribution < -0.4 is 4.90 Å². The normalized spacial score (nSPS) is 17.1. The summed E-state index contributed by atoms with van der Waals surface area (Å²) in [5, 5.41) is 9.44. The molecule has 0 aromatic carbocycles. The maximum atomic E-state index is 8.76. The minimum absolute atomic E-state index is 0.300. The van der Waals surface area contributed by atoms with Gasteiger partial charge < -0.3 is 10.0 Å². The average molecular weight is 270 g/mol. The largest absolute Gasteiger partial charge is 0.396 e. The second-order valence-electron chi connectivity index (χ2n) is 4.59. The zero-order valence-electron chi connectivity index (χ0n) is 10.6. The lowest BCUT2D eigenvalue weighted by Gasteiger charge is -2.35. The van der Waals surface area contributed by atoms with E-state index in [1.54, 1.807) is 6.20 Å². The minimum atomic E-state index is 0.300. The van der Waals surface area contributed by atoms with Crippen molar-refractivity contribution in [1.29, 1.82) is 0 Å². The number of aliphatic hydroxyl groups excluding tert-OH is 1. The number of hydrogen-bond donors (Lipinski definition) is 1. The first-order valence-corrected chi connectivity index (χ1v) is 6.87. The lowest BCUT2D eigenvalue weighted by Crippen LogP contribution is -2.46. The summed E-state index contributed by atoms with van der Waals surface area (Å²) in [5.41, 5.74) is 0. The fourth-order valence-corrected chi connectivity index (χ4v) is 2.31. The molecule has 18 heavy (non-hydrogen) atoms. The van der Waals surface area contributed by atoms with Crippen LogP contribution in [0.5, 0.6) is 0 Å². The third-order valence-corrected chi connectivity index (χ3v) is 3.51. The van der Waals surface area contributed by atoms with E-state index >= 15 is 0 Å². The van der Waals surface area contributed by atoms with Gasteiger partial charge in [0, 0.05) is 39.0 Å². The second kappa shape index (κ2) is 6.92. The molecule has 100 valence electrons. The van der Waals surface area contributed by atoms with Crippen LogP contribution in [-0.2, 0) is 0 Å². The number of aromatic nitrogens is 1. The molecule has 1 fully saturated rings. The van der Waals surface area contributed by atoms with Gasteiger partial charge in [-0.25, -0.2) is 4.98 Å². The lowest BCUT2D eigenvalue weighted by molar-refractivity contribution is 0.232. The Morgan fingerprint density at radius 3 is 2.56 bits per heavy atom. The Kier molecular flexibility index (Phi) is 5.23. The third kappa shape index (κ3) is 3.83. The summed E-state index contributed by atoms with van der Waals surface area (Å²) in [6, 6.07) is 3.86. The Bertz CT molecular complexity index is 350. The van der Waals surface area contributed by atoms with Crippen molar-refractivity contribution < 1.29 is 5.11 Å². The van der Waals surface area contributed by atoms with Gasteiger partial charge in [-0.1, -0.05) is 11.6 Å². The second-order valence-corrected chi connectivity index (χ2v) is 5.03. The number of piperazine rings is 1. The highest BCUT2D eigenvalue weighted by atomic mass is 35.5. The van der Waals surface area contributed by atoms with Gasteiger partial charge >= 0.3 is 0 Å². The zero-order chi connectivity index (χ0) is 12.8. The van der Waals surface area contributed by atoms with Crippen molar-refractivity contribution in [1.82, 2.24) is 9.88 Å². The van der Waals surface area contributed by atoms with Gasteiger partial charge in [0.2, 0.25) is 0 Å². The van der Waals surface area contributed by atoms with Gasteiger partial charge in [0.15, 0.2) is 0 Å². The topological polar surface area (TPSA) is 39.6 Å². The standard InChI is InChI=1S/C13H20ClN3O/c14-12-3-4-13(15-11-12)17-8-6-16(7-9-17)5-1-2-10-18/h3-4,11,18H,1-2,5-10H2. The van der Waals surface area contributed by atoms with Crippen LogP contribution in [-0.4, -0.2) is 54.3 Å². The van der Waals surface area contributed by atoms with Crippen LogP contribution in [0.25, 0.3) is 0 Å². The van der Waals surface area contributed by atoms with E-state index in [1.165, 1.54) is 0 Å². The van der Waals surface area contributed by atoms with Crippen LogP contribution in [0, 0.1) is 0 Å². The molecule has 0 radical (unpaired) electrons. The van der Waals surface area contributed by atoms with Gasteiger partial charge in [-0.05, 0) is 31.5 Å². The Morgan fingerprint density at radius 2 is 1.94 bits per heavy atom. The molecule has 0 saturated carbocycles. The number of unbranched alkanes of at least 4 members (excludes halogenated alkanes) is 1. The molecule has 1 aliphatic rings. The summed E-state index contributed by atoms with van der Waals surface area (Å²) < 4.78 is 0. The van der Waals surface area contributed by atoms with Crippen molar-refractivity contribution in [2.24, 2.45) is 0 Å². The van der Waals surface area contributed by atoms with Gasteiger partial charge in [0.1, 0.15) is 5.82 Å². The monoisotopic (exact) mass is 269 g/mol. The predicted molar refractivity (Wildman–Crippen MR) is 74.2 cm³/mol. The van der Waals surface area contributed by atoms with Gasteiger partial charge in [-0.2, -0.15) is 0 Å². The van der Waals surface area contributed by atoms with E-state index in [0.29, 0.717) is 11.6 Å². The summed E-state index contributed by atoms with van der Waals surface area (Å²) in [5.74, 6) is 1.01. The number of halogens is 1. The molecular weight excluding hydrogens is 250 g/mol. The molecule has 1 N–H and O–H groups in total. The van der Waals surface area contributed by atoms with E-state index in [9.17, 15) is 0 Å². The van der Waals surface area contributed by atoms with Crippen molar-refractivity contribution in [3.8, 4) is 0 Å². The Morgan fingerprint density at radius 1 is 1.17 bits per heavy atom. The Hall–Kier alpha value is -0.840. The fourth-order valence-electron chi connectivity index (χ4n) is 2.20. The van der Waals surface area contributed by atoms with E-state index in [0.717, 1.165) is 51.4 Å². The summed E-state index contributed by atoms with van der Waals surface area (Å²) in [6.07, 6.45) is 3.68.